The van der Waals surface area contributed by atoms with E-state index in [1.54, 1.807) is 19.2 Å². The fourth-order valence-electron chi connectivity index (χ4n) is 2.81. The fourth-order valence-corrected chi connectivity index (χ4v) is 3.70. The Morgan fingerprint density at radius 3 is 2.70 bits per heavy atom. The summed E-state index contributed by atoms with van der Waals surface area (Å²) >= 11 is 7.31. The number of thioether (sulfide) groups is 1. The number of methoxy groups -OCH3 is 1. The average Bonchev–Trinajstić information content (AvgIpc) is 3.10. The molecule has 1 amide bonds. The first-order valence-electron chi connectivity index (χ1n) is 9.26. The third-order valence-corrected chi connectivity index (χ3v) is 5.67. The van der Waals surface area contributed by atoms with Gasteiger partial charge in [0.2, 0.25) is 5.91 Å². The summed E-state index contributed by atoms with van der Waals surface area (Å²) in [5, 5.41) is 12.5. The number of benzene rings is 2. The van der Waals surface area contributed by atoms with Crippen molar-refractivity contribution in [1.29, 1.82) is 0 Å². The highest BCUT2D eigenvalue weighted by molar-refractivity contribution is 7.99. The first-order valence-corrected chi connectivity index (χ1v) is 10.6. The van der Waals surface area contributed by atoms with E-state index in [-0.39, 0.29) is 17.8 Å². The average molecular weight is 447 g/mol. The molecule has 1 N–H and O–H groups in total. The zero-order valence-corrected chi connectivity index (χ0v) is 18.8. The number of carbonyl (C=O) groups is 1. The van der Waals surface area contributed by atoms with Gasteiger partial charge in [0.05, 0.1) is 12.9 Å². The van der Waals surface area contributed by atoms with Crippen LogP contribution in [0.25, 0.3) is 0 Å². The second-order valence-corrected chi connectivity index (χ2v) is 7.99. The molecule has 0 aliphatic carbocycles. The van der Waals surface area contributed by atoms with Crippen LogP contribution in [-0.4, -0.2) is 33.5 Å². The Kier molecular flexibility index (Phi) is 7.23. The summed E-state index contributed by atoms with van der Waals surface area (Å²) in [6.07, 6.45) is -0.351. The summed E-state index contributed by atoms with van der Waals surface area (Å²) in [6, 6.07) is 12.8. The van der Waals surface area contributed by atoms with Crippen LogP contribution < -0.4 is 14.8 Å². The summed E-state index contributed by atoms with van der Waals surface area (Å²) in [6.45, 7) is 3.80. The highest BCUT2D eigenvalue weighted by atomic mass is 35.5. The number of hydrogen-bond donors (Lipinski definition) is 1. The van der Waals surface area contributed by atoms with Gasteiger partial charge < -0.3 is 19.4 Å². The Morgan fingerprint density at radius 2 is 1.97 bits per heavy atom. The molecule has 0 radical (unpaired) electrons. The summed E-state index contributed by atoms with van der Waals surface area (Å²) in [5.41, 5.74) is 1.64. The zero-order chi connectivity index (χ0) is 21.7. The molecule has 3 rings (SSSR count). The number of aryl methyl sites for hydroxylation is 1. The van der Waals surface area contributed by atoms with Crippen molar-refractivity contribution in [3.05, 3.63) is 58.9 Å². The number of halogens is 1. The van der Waals surface area contributed by atoms with Gasteiger partial charge in [0.25, 0.3) is 0 Å². The predicted molar refractivity (Wildman–Crippen MR) is 119 cm³/mol. The van der Waals surface area contributed by atoms with E-state index in [1.807, 2.05) is 55.8 Å². The summed E-state index contributed by atoms with van der Waals surface area (Å²) in [5.74, 6) is 1.97. The van der Waals surface area contributed by atoms with E-state index in [0.29, 0.717) is 33.2 Å². The number of hydrogen-bond acceptors (Lipinski definition) is 6. The van der Waals surface area contributed by atoms with Gasteiger partial charge in [-0.2, -0.15) is 0 Å². The fraction of sp³-hybridized carbons (Fsp3) is 0.286. The molecule has 1 atom stereocenters. The molecule has 158 valence electrons. The topological polar surface area (TPSA) is 78.3 Å². The maximum Gasteiger partial charge on any atom is 0.234 e. The molecule has 30 heavy (non-hydrogen) atoms. The minimum Gasteiger partial charge on any atom is -0.493 e. The SMILES string of the molecule is COc1ccccc1OC(C)c1nnc(SCC(=O)Nc2cc(Cl)ccc2C)n1C. The van der Waals surface area contributed by atoms with Crippen molar-refractivity contribution in [3.63, 3.8) is 0 Å². The van der Waals surface area contributed by atoms with Crippen molar-refractivity contribution in [2.75, 3.05) is 18.2 Å². The molecule has 9 heteroatoms. The molecular weight excluding hydrogens is 424 g/mol. The summed E-state index contributed by atoms with van der Waals surface area (Å²) < 4.78 is 13.1. The Morgan fingerprint density at radius 1 is 1.23 bits per heavy atom. The number of carbonyl (C=O) groups excluding carboxylic acids is 1. The molecule has 0 saturated carbocycles. The van der Waals surface area contributed by atoms with Gasteiger partial charge in [0.1, 0.15) is 0 Å². The molecular formula is C21H23ClN4O3S. The molecule has 1 unspecified atom stereocenters. The Balaban J connectivity index is 1.62. The lowest BCUT2D eigenvalue weighted by atomic mass is 10.2. The maximum absolute atomic E-state index is 12.3. The van der Waals surface area contributed by atoms with Gasteiger partial charge in [-0.25, -0.2) is 0 Å². The van der Waals surface area contributed by atoms with E-state index in [2.05, 4.69) is 15.5 Å². The van der Waals surface area contributed by atoms with Crippen LogP contribution in [0, 0.1) is 6.92 Å². The highest BCUT2D eigenvalue weighted by Gasteiger charge is 2.19. The van der Waals surface area contributed by atoms with Crippen LogP contribution in [0.15, 0.2) is 47.6 Å². The van der Waals surface area contributed by atoms with Crippen LogP contribution in [0.5, 0.6) is 11.5 Å². The van der Waals surface area contributed by atoms with Gasteiger partial charge in [0.15, 0.2) is 28.6 Å². The Labute approximate surface area is 184 Å². The number of nitrogens with zero attached hydrogens (tertiary/aromatic N) is 3. The van der Waals surface area contributed by atoms with Gasteiger partial charge in [-0.3, -0.25) is 4.79 Å². The third-order valence-electron chi connectivity index (χ3n) is 4.41. The van der Waals surface area contributed by atoms with Gasteiger partial charge in [0, 0.05) is 17.8 Å². The monoisotopic (exact) mass is 446 g/mol. The Hall–Kier alpha value is -2.71. The predicted octanol–water partition coefficient (Wildman–Crippen LogP) is 4.66. The minimum atomic E-state index is -0.351. The lowest BCUT2D eigenvalue weighted by Crippen LogP contribution is -2.15. The van der Waals surface area contributed by atoms with Gasteiger partial charge >= 0.3 is 0 Å². The number of para-hydroxylation sites is 2. The third kappa shape index (κ3) is 5.25. The number of amides is 1. The van der Waals surface area contributed by atoms with Crippen LogP contribution >= 0.6 is 23.4 Å². The molecule has 0 spiro atoms. The molecule has 0 bridgehead atoms. The Bertz CT molecular complexity index is 1040. The summed E-state index contributed by atoms with van der Waals surface area (Å²) in [4.78, 5) is 12.3. The number of ether oxygens (including phenoxy) is 2. The molecule has 3 aromatic rings. The molecule has 2 aromatic carbocycles. The van der Waals surface area contributed by atoms with Crippen LogP contribution in [0.2, 0.25) is 5.02 Å². The molecule has 0 saturated heterocycles. The van der Waals surface area contributed by atoms with Crippen LogP contribution in [0.3, 0.4) is 0 Å². The molecule has 1 heterocycles. The van der Waals surface area contributed by atoms with Crippen molar-refractivity contribution in [1.82, 2.24) is 14.8 Å². The first-order chi connectivity index (χ1) is 14.4. The number of nitrogens with one attached hydrogen (secondary N) is 1. The smallest absolute Gasteiger partial charge is 0.234 e. The molecule has 0 fully saturated rings. The molecule has 0 aliphatic rings. The van der Waals surface area contributed by atoms with Gasteiger partial charge in [-0.1, -0.05) is 41.6 Å². The second kappa shape index (κ2) is 9.86. The summed E-state index contributed by atoms with van der Waals surface area (Å²) in [7, 11) is 3.44. The maximum atomic E-state index is 12.3. The van der Waals surface area contributed by atoms with Crippen molar-refractivity contribution in [2.45, 2.75) is 25.1 Å². The molecule has 0 aliphatic heterocycles. The first kappa shape index (κ1) is 22.0. The van der Waals surface area contributed by atoms with Crippen molar-refractivity contribution in [3.8, 4) is 11.5 Å². The van der Waals surface area contributed by atoms with E-state index in [9.17, 15) is 4.79 Å². The van der Waals surface area contributed by atoms with Gasteiger partial charge in [-0.15, -0.1) is 10.2 Å². The number of anilines is 1. The lowest BCUT2D eigenvalue weighted by molar-refractivity contribution is -0.113. The van der Waals surface area contributed by atoms with E-state index in [1.165, 1.54) is 11.8 Å². The normalized spacial score (nSPS) is 11.8. The van der Waals surface area contributed by atoms with E-state index < -0.39 is 0 Å². The second-order valence-electron chi connectivity index (χ2n) is 6.61. The lowest BCUT2D eigenvalue weighted by Gasteiger charge is -2.16. The largest absolute Gasteiger partial charge is 0.493 e. The highest BCUT2D eigenvalue weighted by Crippen LogP contribution is 2.31. The zero-order valence-electron chi connectivity index (χ0n) is 17.2. The van der Waals surface area contributed by atoms with E-state index >= 15 is 0 Å². The van der Waals surface area contributed by atoms with Crippen LogP contribution in [0.1, 0.15) is 24.4 Å². The van der Waals surface area contributed by atoms with E-state index in [4.69, 9.17) is 21.1 Å². The van der Waals surface area contributed by atoms with Crippen molar-refractivity contribution < 1.29 is 14.3 Å². The van der Waals surface area contributed by atoms with E-state index in [0.717, 1.165) is 5.56 Å². The number of rotatable bonds is 8. The quantitative estimate of drug-likeness (QED) is 0.507. The van der Waals surface area contributed by atoms with Crippen molar-refractivity contribution in [2.24, 2.45) is 7.05 Å². The van der Waals surface area contributed by atoms with Crippen LogP contribution in [-0.2, 0) is 11.8 Å². The molecule has 1 aromatic heterocycles. The number of aromatic nitrogens is 3. The minimum absolute atomic E-state index is 0.145. The van der Waals surface area contributed by atoms with Gasteiger partial charge in [-0.05, 0) is 43.7 Å². The standard InChI is InChI=1S/C21H23ClN4O3S/c1-13-9-10-15(22)11-16(13)23-19(27)12-30-21-25-24-20(26(21)3)14(2)29-18-8-6-5-7-17(18)28-4/h5-11,14H,12H2,1-4H3,(H,23,27). The van der Waals surface area contributed by atoms with Crippen molar-refractivity contribution >= 4 is 35.0 Å². The molecule has 7 nitrogen and oxygen atoms in total. The van der Waals surface area contributed by atoms with Crippen LogP contribution in [0.4, 0.5) is 5.69 Å².